The standard InChI is InChI=1S/C11H10N2O2/c1-7-2-4-13-11(12)9(7)10(14)8-3-5-15-6-8/h2-6H,1H3,(H2,12,13). The Labute approximate surface area is 86.7 Å². The summed E-state index contributed by atoms with van der Waals surface area (Å²) >= 11 is 0. The normalized spacial score (nSPS) is 10.2. The van der Waals surface area contributed by atoms with E-state index in [0.29, 0.717) is 11.1 Å². The van der Waals surface area contributed by atoms with Crippen LogP contribution in [0, 0.1) is 6.92 Å². The van der Waals surface area contributed by atoms with Gasteiger partial charge in [-0.3, -0.25) is 4.79 Å². The second-order valence-electron chi connectivity index (χ2n) is 3.23. The first kappa shape index (κ1) is 9.45. The zero-order chi connectivity index (χ0) is 10.8. The van der Waals surface area contributed by atoms with Crippen molar-refractivity contribution in [1.29, 1.82) is 0 Å². The molecule has 0 fully saturated rings. The minimum Gasteiger partial charge on any atom is -0.472 e. The van der Waals surface area contributed by atoms with E-state index in [0.717, 1.165) is 5.56 Å². The summed E-state index contributed by atoms with van der Waals surface area (Å²) in [6, 6.07) is 3.36. The number of aromatic nitrogens is 1. The van der Waals surface area contributed by atoms with Crippen LogP contribution in [0.5, 0.6) is 0 Å². The van der Waals surface area contributed by atoms with Gasteiger partial charge in [-0.15, -0.1) is 0 Å². The number of hydrogen-bond donors (Lipinski definition) is 1. The van der Waals surface area contributed by atoms with Gasteiger partial charge < -0.3 is 10.2 Å². The Morgan fingerprint density at radius 1 is 1.47 bits per heavy atom. The SMILES string of the molecule is Cc1ccnc(N)c1C(=O)c1ccoc1. The molecule has 2 N–H and O–H groups in total. The minimum absolute atomic E-state index is 0.160. The molecule has 0 saturated heterocycles. The van der Waals surface area contributed by atoms with Crippen molar-refractivity contribution in [2.45, 2.75) is 6.92 Å². The lowest BCUT2D eigenvalue weighted by molar-refractivity contribution is 0.103. The van der Waals surface area contributed by atoms with Crippen LogP contribution in [0.2, 0.25) is 0 Å². The summed E-state index contributed by atoms with van der Waals surface area (Å²) in [6.07, 6.45) is 4.43. The minimum atomic E-state index is -0.160. The van der Waals surface area contributed by atoms with Crippen LogP contribution in [-0.2, 0) is 0 Å². The third-order valence-corrected chi connectivity index (χ3v) is 2.20. The molecule has 76 valence electrons. The van der Waals surface area contributed by atoms with Gasteiger partial charge in [-0.2, -0.15) is 0 Å². The van der Waals surface area contributed by atoms with Crippen LogP contribution >= 0.6 is 0 Å². The number of rotatable bonds is 2. The fourth-order valence-electron chi connectivity index (χ4n) is 1.41. The summed E-state index contributed by atoms with van der Waals surface area (Å²) in [7, 11) is 0. The van der Waals surface area contributed by atoms with Gasteiger partial charge in [-0.1, -0.05) is 0 Å². The smallest absolute Gasteiger partial charge is 0.200 e. The number of nitrogen functional groups attached to an aromatic ring is 1. The van der Waals surface area contributed by atoms with Gasteiger partial charge in [0.15, 0.2) is 5.78 Å². The number of ketones is 1. The van der Waals surface area contributed by atoms with Crippen LogP contribution in [0.15, 0.2) is 35.3 Å². The Kier molecular flexibility index (Phi) is 2.25. The highest BCUT2D eigenvalue weighted by Gasteiger charge is 2.16. The molecule has 0 spiro atoms. The molecule has 0 aliphatic heterocycles. The van der Waals surface area contributed by atoms with Crippen molar-refractivity contribution in [3.05, 3.63) is 47.5 Å². The van der Waals surface area contributed by atoms with E-state index in [1.807, 2.05) is 6.92 Å². The van der Waals surface area contributed by atoms with Crippen molar-refractivity contribution in [3.63, 3.8) is 0 Å². The Morgan fingerprint density at radius 3 is 2.87 bits per heavy atom. The fraction of sp³-hybridized carbons (Fsp3) is 0.0909. The molecule has 0 unspecified atom stereocenters. The van der Waals surface area contributed by atoms with Crippen molar-refractivity contribution in [1.82, 2.24) is 4.98 Å². The predicted octanol–water partition coefficient (Wildman–Crippen LogP) is 1.80. The topological polar surface area (TPSA) is 69.1 Å². The van der Waals surface area contributed by atoms with Gasteiger partial charge in [0.25, 0.3) is 0 Å². The van der Waals surface area contributed by atoms with Crippen LogP contribution < -0.4 is 5.73 Å². The Hall–Kier alpha value is -2.10. The second-order valence-corrected chi connectivity index (χ2v) is 3.23. The van der Waals surface area contributed by atoms with Gasteiger partial charge in [-0.05, 0) is 24.6 Å². The Morgan fingerprint density at radius 2 is 2.27 bits per heavy atom. The average molecular weight is 202 g/mol. The molecule has 0 aliphatic carbocycles. The molecule has 2 rings (SSSR count). The molecule has 0 aliphatic rings. The first-order chi connectivity index (χ1) is 7.20. The Bertz CT molecular complexity index is 469. The van der Waals surface area contributed by atoms with E-state index in [1.165, 1.54) is 12.5 Å². The number of nitrogens with zero attached hydrogens (tertiary/aromatic N) is 1. The number of carbonyl (C=O) groups excluding carboxylic acids is 1. The summed E-state index contributed by atoms with van der Waals surface area (Å²) in [5.41, 5.74) is 7.41. The van der Waals surface area contributed by atoms with Crippen molar-refractivity contribution >= 4 is 11.6 Å². The molecule has 4 heteroatoms. The molecule has 2 heterocycles. The van der Waals surface area contributed by atoms with Gasteiger partial charge in [0.05, 0.1) is 17.4 Å². The molecular weight excluding hydrogens is 192 g/mol. The highest BCUT2D eigenvalue weighted by Crippen LogP contribution is 2.18. The summed E-state index contributed by atoms with van der Waals surface area (Å²) in [5.74, 6) is 0.0908. The van der Waals surface area contributed by atoms with Gasteiger partial charge in [0, 0.05) is 6.20 Å². The highest BCUT2D eigenvalue weighted by molar-refractivity contribution is 6.12. The van der Waals surface area contributed by atoms with E-state index < -0.39 is 0 Å². The molecule has 0 radical (unpaired) electrons. The number of nitrogens with two attached hydrogens (primary N) is 1. The summed E-state index contributed by atoms with van der Waals surface area (Å²) in [6.45, 7) is 1.82. The molecule has 0 aromatic carbocycles. The highest BCUT2D eigenvalue weighted by atomic mass is 16.3. The number of aryl methyl sites for hydroxylation is 1. The lowest BCUT2D eigenvalue weighted by Crippen LogP contribution is -2.08. The maximum atomic E-state index is 12.0. The lowest BCUT2D eigenvalue weighted by atomic mass is 10.0. The van der Waals surface area contributed by atoms with Crippen molar-refractivity contribution in [3.8, 4) is 0 Å². The number of pyridine rings is 1. The molecule has 0 atom stereocenters. The summed E-state index contributed by atoms with van der Waals surface area (Å²) < 4.78 is 4.85. The van der Waals surface area contributed by atoms with E-state index in [1.54, 1.807) is 18.3 Å². The number of carbonyl (C=O) groups is 1. The molecule has 2 aromatic heterocycles. The van der Waals surface area contributed by atoms with Crippen LogP contribution in [0.3, 0.4) is 0 Å². The third-order valence-electron chi connectivity index (χ3n) is 2.20. The molecule has 0 amide bonds. The van der Waals surface area contributed by atoms with E-state index >= 15 is 0 Å². The molecule has 0 bridgehead atoms. The van der Waals surface area contributed by atoms with Gasteiger partial charge in [-0.25, -0.2) is 4.98 Å². The van der Waals surface area contributed by atoms with E-state index in [2.05, 4.69) is 4.98 Å². The quantitative estimate of drug-likeness (QED) is 0.754. The van der Waals surface area contributed by atoms with Gasteiger partial charge in [0.2, 0.25) is 0 Å². The zero-order valence-corrected chi connectivity index (χ0v) is 8.23. The van der Waals surface area contributed by atoms with E-state index in [4.69, 9.17) is 10.2 Å². The van der Waals surface area contributed by atoms with Crippen LogP contribution in [0.4, 0.5) is 5.82 Å². The molecule has 0 saturated carbocycles. The zero-order valence-electron chi connectivity index (χ0n) is 8.23. The van der Waals surface area contributed by atoms with Crippen LogP contribution in [0.1, 0.15) is 21.5 Å². The summed E-state index contributed by atoms with van der Waals surface area (Å²) in [4.78, 5) is 15.9. The number of hydrogen-bond acceptors (Lipinski definition) is 4. The fourth-order valence-corrected chi connectivity index (χ4v) is 1.41. The maximum Gasteiger partial charge on any atom is 0.200 e. The third kappa shape index (κ3) is 1.61. The van der Waals surface area contributed by atoms with Crippen molar-refractivity contribution < 1.29 is 9.21 Å². The molecule has 2 aromatic rings. The van der Waals surface area contributed by atoms with Crippen LogP contribution in [-0.4, -0.2) is 10.8 Å². The van der Waals surface area contributed by atoms with Gasteiger partial charge in [0.1, 0.15) is 12.1 Å². The second kappa shape index (κ2) is 3.57. The van der Waals surface area contributed by atoms with E-state index in [-0.39, 0.29) is 11.6 Å². The number of furan rings is 1. The molecule has 4 nitrogen and oxygen atoms in total. The van der Waals surface area contributed by atoms with Crippen LogP contribution in [0.25, 0.3) is 0 Å². The Balaban J connectivity index is 2.51. The van der Waals surface area contributed by atoms with Gasteiger partial charge >= 0.3 is 0 Å². The average Bonchev–Trinajstić information content (AvgIpc) is 2.69. The van der Waals surface area contributed by atoms with Crippen molar-refractivity contribution in [2.24, 2.45) is 0 Å². The first-order valence-corrected chi connectivity index (χ1v) is 4.48. The first-order valence-electron chi connectivity index (χ1n) is 4.48. The molecular formula is C11H10N2O2. The monoisotopic (exact) mass is 202 g/mol. The predicted molar refractivity (Wildman–Crippen MR) is 55.5 cm³/mol. The molecule has 15 heavy (non-hydrogen) atoms. The maximum absolute atomic E-state index is 12.0. The lowest BCUT2D eigenvalue weighted by Gasteiger charge is -2.05. The summed E-state index contributed by atoms with van der Waals surface area (Å²) in [5, 5.41) is 0. The van der Waals surface area contributed by atoms with Crippen molar-refractivity contribution in [2.75, 3.05) is 5.73 Å². The van der Waals surface area contributed by atoms with E-state index in [9.17, 15) is 4.79 Å². The number of anilines is 1. The largest absolute Gasteiger partial charge is 0.472 e.